The van der Waals surface area contributed by atoms with Crippen molar-refractivity contribution in [3.05, 3.63) is 29.3 Å². The first kappa shape index (κ1) is 23.5. The molecule has 2 rings (SSSR count). The molecule has 1 aliphatic rings. The molecule has 1 aromatic rings. The molecule has 1 aromatic carbocycles. The van der Waals surface area contributed by atoms with Gasteiger partial charge in [-0.25, -0.2) is 4.99 Å². The summed E-state index contributed by atoms with van der Waals surface area (Å²) in [6, 6.07) is 6.33. The predicted molar refractivity (Wildman–Crippen MR) is 121 cm³/mol. The van der Waals surface area contributed by atoms with E-state index in [1.807, 2.05) is 0 Å². The van der Waals surface area contributed by atoms with Crippen molar-refractivity contribution < 1.29 is 9.47 Å². The number of methoxy groups -OCH3 is 1. The largest absolute Gasteiger partial charge is 0.493 e. The average Bonchev–Trinajstić information content (AvgIpc) is 3.23. The fourth-order valence-corrected chi connectivity index (χ4v) is 3.49. The molecule has 0 radical (unpaired) electrons. The van der Waals surface area contributed by atoms with Crippen LogP contribution >= 0.6 is 0 Å². The van der Waals surface area contributed by atoms with Crippen LogP contribution in [-0.2, 0) is 11.3 Å². The Morgan fingerprint density at radius 3 is 2.69 bits per heavy atom. The average molecular weight is 405 g/mol. The van der Waals surface area contributed by atoms with E-state index in [9.17, 15) is 0 Å². The summed E-state index contributed by atoms with van der Waals surface area (Å²) in [7, 11) is 1.72. The van der Waals surface area contributed by atoms with E-state index in [0.717, 1.165) is 36.8 Å². The fraction of sp³-hybridized carbons (Fsp3) is 0.696. The molecule has 1 fully saturated rings. The molecule has 164 valence electrons. The van der Waals surface area contributed by atoms with Gasteiger partial charge in [-0.1, -0.05) is 12.1 Å². The standard InChI is InChI=1S/C23H40N4O2/c1-4-24-23(25-12-5-6-13-27-14-7-8-15-27)26-19-21-11-10-20(2)18-22(21)29-17-9-16-28-3/h10-11,18H,4-9,12-17,19H2,1-3H3,(H2,24,25,26). The maximum absolute atomic E-state index is 5.98. The Kier molecular flexibility index (Phi) is 11.5. The van der Waals surface area contributed by atoms with Crippen molar-refractivity contribution >= 4 is 5.96 Å². The number of nitrogens with one attached hydrogen (secondary N) is 2. The number of nitrogens with zero attached hydrogens (tertiary/aromatic N) is 2. The number of ether oxygens (including phenoxy) is 2. The molecule has 1 saturated heterocycles. The predicted octanol–water partition coefficient (Wildman–Crippen LogP) is 3.34. The van der Waals surface area contributed by atoms with E-state index in [1.54, 1.807) is 7.11 Å². The summed E-state index contributed by atoms with van der Waals surface area (Å²) in [4.78, 5) is 7.35. The van der Waals surface area contributed by atoms with Gasteiger partial charge < -0.3 is 25.0 Å². The summed E-state index contributed by atoms with van der Waals surface area (Å²) >= 11 is 0. The highest BCUT2D eigenvalue weighted by molar-refractivity contribution is 5.79. The SMILES string of the molecule is CCNC(=NCc1ccc(C)cc1OCCCOC)NCCCCN1CCCC1. The van der Waals surface area contributed by atoms with E-state index in [2.05, 4.69) is 47.6 Å². The molecular formula is C23H40N4O2. The zero-order valence-corrected chi connectivity index (χ0v) is 18.6. The van der Waals surface area contributed by atoms with Gasteiger partial charge >= 0.3 is 0 Å². The summed E-state index contributed by atoms with van der Waals surface area (Å²) in [5.41, 5.74) is 2.31. The first-order valence-electron chi connectivity index (χ1n) is 11.2. The van der Waals surface area contributed by atoms with Gasteiger partial charge in [-0.05, 0) is 70.8 Å². The Balaban J connectivity index is 1.81. The van der Waals surface area contributed by atoms with Crippen LogP contribution < -0.4 is 15.4 Å². The maximum Gasteiger partial charge on any atom is 0.191 e. The third-order valence-corrected chi connectivity index (χ3v) is 5.12. The third kappa shape index (κ3) is 9.50. The second kappa shape index (κ2) is 14.2. The molecule has 6 nitrogen and oxygen atoms in total. The molecule has 2 N–H and O–H groups in total. The van der Waals surface area contributed by atoms with Gasteiger partial charge in [0.05, 0.1) is 13.2 Å². The minimum absolute atomic E-state index is 0.600. The zero-order valence-electron chi connectivity index (χ0n) is 18.6. The van der Waals surface area contributed by atoms with Crippen molar-refractivity contribution in [2.75, 3.05) is 53.0 Å². The van der Waals surface area contributed by atoms with Crippen LogP contribution in [0.2, 0.25) is 0 Å². The number of guanidine groups is 1. The van der Waals surface area contributed by atoms with Gasteiger partial charge in [0.15, 0.2) is 5.96 Å². The summed E-state index contributed by atoms with van der Waals surface area (Å²) in [6.07, 6.45) is 6.02. The Labute approximate surface area is 177 Å². The van der Waals surface area contributed by atoms with Gasteiger partial charge in [0.2, 0.25) is 0 Å². The van der Waals surface area contributed by atoms with Gasteiger partial charge in [0.1, 0.15) is 5.75 Å². The van der Waals surface area contributed by atoms with Gasteiger partial charge in [0, 0.05) is 38.8 Å². The molecule has 0 aromatic heterocycles. The minimum Gasteiger partial charge on any atom is -0.493 e. The lowest BCUT2D eigenvalue weighted by atomic mass is 10.1. The number of rotatable bonds is 13. The second-order valence-electron chi connectivity index (χ2n) is 7.68. The first-order valence-corrected chi connectivity index (χ1v) is 11.2. The van der Waals surface area contributed by atoms with Crippen LogP contribution in [0.4, 0.5) is 0 Å². The molecule has 0 aliphatic carbocycles. The van der Waals surface area contributed by atoms with Crippen LogP contribution in [0.5, 0.6) is 5.75 Å². The molecule has 0 amide bonds. The summed E-state index contributed by atoms with van der Waals surface area (Å²) in [5.74, 6) is 1.80. The van der Waals surface area contributed by atoms with Crippen molar-refractivity contribution in [2.45, 2.75) is 52.5 Å². The molecule has 0 spiro atoms. The van der Waals surface area contributed by atoms with Gasteiger partial charge in [0.25, 0.3) is 0 Å². The van der Waals surface area contributed by atoms with Crippen LogP contribution in [0.25, 0.3) is 0 Å². The van der Waals surface area contributed by atoms with E-state index < -0.39 is 0 Å². The Bertz CT molecular complexity index is 601. The van der Waals surface area contributed by atoms with E-state index in [4.69, 9.17) is 14.5 Å². The number of hydrogen-bond donors (Lipinski definition) is 2. The smallest absolute Gasteiger partial charge is 0.191 e. The highest BCUT2D eigenvalue weighted by atomic mass is 16.5. The monoisotopic (exact) mass is 404 g/mol. The van der Waals surface area contributed by atoms with Crippen molar-refractivity contribution in [2.24, 2.45) is 4.99 Å². The topological polar surface area (TPSA) is 58.1 Å². The lowest BCUT2D eigenvalue weighted by molar-refractivity contribution is 0.172. The Morgan fingerprint density at radius 2 is 1.93 bits per heavy atom. The lowest BCUT2D eigenvalue weighted by Crippen LogP contribution is -2.38. The molecule has 0 unspecified atom stereocenters. The zero-order chi connectivity index (χ0) is 20.7. The van der Waals surface area contributed by atoms with Crippen LogP contribution in [0.3, 0.4) is 0 Å². The van der Waals surface area contributed by atoms with Crippen molar-refractivity contribution in [3.8, 4) is 5.75 Å². The Morgan fingerprint density at radius 1 is 1.10 bits per heavy atom. The maximum atomic E-state index is 5.98. The summed E-state index contributed by atoms with van der Waals surface area (Å²) in [6.45, 7) is 11.7. The molecule has 0 saturated carbocycles. The fourth-order valence-electron chi connectivity index (χ4n) is 3.49. The lowest BCUT2D eigenvalue weighted by Gasteiger charge is -2.15. The van der Waals surface area contributed by atoms with E-state index in [0.29, 0.717) is 19.8 Å². The van der Waals surface area contributed by atoms with Crippen molar-refractivity contribution in [1.29, 1.82) is 0 Å². The quantitative estimate of drug-likeness (QED) is 0.300. The van der Waals surface area contributed by atoms with Gasteiger partial charge in [-0.15, -0.1) is 0 Å². The van der Waals surface area contributed by atoms with E-state index in [-0.39, 0.29) is 0 Å². The Hall–Kier alpha value is -1.79. The normalized spacial score (nSPS) is 14.9. The summed E-state index contributed by atoms with van der Waals surface area (Å²) in [5, 5.41) is 6.82. The molecular weight excluding hydrogens is 364 g/mol. The van der Waals surface area contributed by atoms with Gasteiger partial charge in [-0.2, -0.15) is 0 Å². The van der Waals surface area contributed by atoms with E-state index >= 15 is 0 Å². The number of benzene rings is 1. The van der Waals surface area contributed by atoms with Crippen LogP contribution in [0, 0.1) is 6.92 Å². The van der Waals surface area contributed by atoms with Crippen molar-refractivity contribution in [1.82, 2.24) is 15.5 Å². The number of unbranched alkanes of at least 4 members (excludes halogenated alkanes) is 1. The molecule has 29 heavy (non-hydrogen) atoms. The number of hydrogen-bond acceptors (Lipinski definition) is 4. The second-order valence-corrected chi connectivity index (χ2v) is 7.68. The highest BCUT2D eigenvalue weighted by Crippen LogP contribution is 2.21. The molecule has 0 atom stereocenters. The molecule has 1 aliphatic heterocycles. The molecule has 0 bridgehead atoms. The molecule has 1 heterocycles. The highest BCUT2D eigenvalue weighted by Gasteiger charge is 2.10. The van der Waals surface area contributed by atoms with Crippen LogP contribution in [-0.4, -0.2) is 63.9 Å². The van der Waals surface area contributed by atoms with Crippen LogP contribution in [0.1, 0.15) is 50.2 Å². The number of aliphatic imine (C=N–C) groups is 1. The number of likely N-dealkylation sites (tertiary alicyclic amines) is 1. The number of aryl methyl sites for hydroxylation is 1. The summed E-state index contributed by atoms with van der Waals surface area (Å²) < 4.78 is 11.1. The minimum atomic E-state index is 0.600. The van der Waals surface area contributed by atoms with Crippen LogP contribution in [0.15, 0.2) is 23.2 Å². The third-order valence-electron chi connectivity index (χ3n) is 5.12. The molecule has 6 heteroatoms. The van der Waals surface area contributed by atoms with Crippen molar-refractivity contribution in [3.63, 3.8) is 0 Å². The first-order chi connectivity index (χ1) is 14.2. The van der Waals surface area contributed by atoms with Gasteiger partial charge in [-0.3, -0.25) is 0 Å². The van der Waals surface area contributed by atoms with E-state index in [1.165, 1.54) is 50.9 Å².